The third-order valence-electron chi connectivity index (χ3n) is 8.35. The smallest absolute Gasteiger partial charge is 0.326 e. The van der Waals surface area contributed by atoms with E-state index < -0.39 is 21.8 Å². The zero-order chi connectivity index (χ0) is 36.1. The number of aryl methyl sites for hydroxylation is 1. The predicted molar refractivity (Wildman–Crippen MR) is 203 cm³/mol. The normalized spacial score (nSPS) is 11.6. The highest BCUT2D eigenvalue weighted by Gasteiger charge is 2.19. The number of anilines is 2. The van der Waals surface area contributed by atoms with Gasteiger partial charge in [0.1, 0.15) is 0 Å². The summed E-state index contributed by atoms with van der Waals surface area (Å²) in [5.41, 5.74) is 8.89. The van der Waals surface area contributed by atoms with Crippen LogP contribution in [-0.4, -0.2) is 37.2 Å². The second-order valence-corrected chi connectivity index (χ2v) is 15.2. The van der Waals surface area contributed by atoms with Gasteiger partial charge in [0.2, 0.25) is 0 Å². The van der Waals surface area contributed by atoms with Crippen molar-refractivity contribution in [1.29, 1.82) is 0 Å². The summed E-state index contributed by atoms with van der Waals surface area (Å²) in [6.45, 7) is 8.54. The van der Waals surface area contributed by atoms with Gasteiger partial charge in [0.05, 0.1) is 12.3 Å². The summed E-state index contributed by atoms with van der Waals surface area (Å²) < 4.78 is 30.9. The van der Waals surface area contributed by atoms with Gasteiger partial charge in [0, 0.05) is 28.5 Å². The molecule has 0 bridgehead atoms. The minimum absolute atomic E-state index is 0.0520. The summed E-state index contributed by atoms with van der Waals surface area (Å²) >= 11 is 6.14. The van der Waals surface area contributed by atoms with Gasteiger partial charge in [-0.1, -0.05) is 99.1 Å². The minimum atomic E-state index is -4.19. The van der Waals surface area contributed by atoms with Gasteiger partial charge in [-0.3, -0.25) is 14.2 Å². The number of nitrogens with one attached hydrogen (secondary N) is 2. The molecule has 0 aliphatic carbocycles. The molecule has 5 aromatic carbocycles. The summed E-state index contributed by atoms with van der Waals surface area (Å²) in [6.07, 6.45) is 0. The molecule has 258 valence electrons. The molecule has 50 heavy (non-hydrogen) atoms. The largest absolute Gasteiger partial charge is 0.351 e. The SMILES string of the molecule is Cc1cc(Cl)ccc1-c1ccc(NC(=O)N(Cc2ccc(C(=O)NCCS(=O)(=O)O)cc2)c2ccc(-c3ccc(C(C)(C)C)cc3)cc2)cc1. The maximum absolute atomic E-state index is 13.9. The van der Waals surface area contributed by atoms with E-state index in [1.807, 2.05) is 73.7 Å². The van der Waals surface area contributed by atoms with E-state index in [-0.39, 0.29) is 24.5 Å². The Hall–Kier alpha value is -4.96. The molecule has 3 amide bonds. The fourth-order valence-corrected chi connectivity index (χ4v) is 6.08. The number of urea groups is 1. The first-order valence-electron chi connectivity index (χ1n) is 16.1. The molecule has 0 fully saturated rings. The first kappa shape index (κ1) is 36.3. The molecule has 0 saturated carbocycles. The molecule has 5 rings (SSSR count). The Morgan fingerprint density at radius 1 is 0.780 bits per heavy atom. The number of rotatable bonds is 10. The average molecular weight is 710 g/mol. The number of benzene rings is 5. The maximum Gasteiger partial charge on any atom is 0.326 e. The third kappa shape index (κ3) is 9.59. The van der Waals surface area contributed by atoms with Gasteiger partial charge < -0.3 is 10.6 Å². The van der Waals surface area contributed by atoms with Gasteiger partial charge >= 0.3 is 6.03 Å². The molecule has 0 aliphatic rings. The van der Waals surface area contributed by atoms with Crippen LogP contribution in [-0.2, 0) is 22.1 Å². The molecular weight excluding hydrogens is 670 g/mol. The lowest BCUT2D eigenvalue weighted by atomic mass is 9.86. The van der Waals surface area contributed by atoms with Crippen molar-refractivity contribution in [2.75, 3.05) is 22.5 Å². The first-order valence-corrected chi connectivity index (χ1v) is 18.1. The highest BCUT2D eigenvalue weighted by molar-refractivity contribution is 7.85. The zero-order valence-corrected chi connectivity index (χ0v) is 30.0. The van der Waals surface area contributed by atoms with Crippen LogP contribution in [0.4, 0.5) is 16.2 Å². The van der Waals surface area contributed by atoms with Gasteiger partial charge in [-0.25, -0.2) is 4.79 Å². The zero-order valence-electron chi connectivity index (χ0n) is 28.4. The Morgan fingerprint density at radius 2 is 1.36 bits per heavy atom. The monoisotopic (exact) mass is 709 g/mol. The minimum Gasteiger partial charge on any atom is -0.351 e. The van der Waals surface area contributed by atoms with Crippen molar-refractivity contribution in [3.8, 4) is 22.3 Å². The topological polar surface area (TPSA) is 116 Å². The molecule has 0 spiro atoms. The molecule has 0 unspecified atom stereocenters. The molecule has 0 radical (unpaired) electrons. The number of nitrogens with zero attached hydrogens (tertiary/aromatic N) is 1. The predicted octanol–water partition coefficient (Wildman–Crippen LogP) is 9.14. The summed E-state index contributed by atoms with van der Waals surface area (Å²) in [4.78, 5) is 28.0. The third-order valence-corrected chi connectivity index (χ3v) is 9.30. The molecule has 0 heterocycles. The van der Waals surface area contributed by atoms with E-state index in [0.29, 0.717) is 22.0 Å². The van der Waals surface area contributed by atoms with E-state index >= 15 is 0 Å². The van der Waals surface area contributed by atoms with Crippen molar-refractivity contribution in [3.63, 3.8) is 0 Å². The van der Waals surface area contributed by atoms with E-state index in [1.165, 1.54) is 5.56 Å². The van der Waals surface area contributed by atoms with Crippen LogP contribution in [0.15, 0.2) is 115 Å². The number of hydrogen-bond acceptors (Lipinski definition) is 4. The van der Waals surface area contributed by atoms with Crippen molar-refractivity contribution in [3.05, 3.63) is 143 Å². The van der Waals surface area contributed by atoms with E-state index in [2.05, 4.69) is 55.7 Å². The van der Waals surface area contributed by atoms with Gasteiger partial charge in [0.15, 0.2) is 0 Å². The van der Waals surface area contributed by atoms with Crippen LogP contribution in [0.25, 0.3) is 22.3 Å². The summed E-state index contributed by atoms with van der Waals surface area (Å²) in [5.74, 6) is -1.05. The van der Waals surface area contributed by atoms with Crippen molar-refractivity contribution >= 4 is 45.0 Å². The van der Waals surface area contributed by atoms with Gasteiger partial charge in [-0.15, -0.1) is 0 Å². The van der Waals surface area contributed by atoms with Crippen LogP contribution in [0.3, 0.4) is 0 Å². The van der Waals surface area contributed by atoms with Gasteiger partial charge in [0.25, 0.3) is 16.0 Å². The number of hydrogen-bond donors (Lipinski definition) is 3. The first-order chi connectivity index (χ1) is 23.7. The summed E-state index contributed by atoms with van der Waals surface area (Å²) in [5, 5.41) is 6.18. The fourth-order valence-electron chi connectivity index (χ4n) is 5.49. The molecular formula is C40H40ClN3O5S. The molecule has 10 heteroatoms. The van der Waals surface area contributed by atoms with Gasteiger partial charge in [-0.05, 0) is 99.8 Å². The van der Waals surface area contributed by atoms with Crippen molar-refractivity contribution in [2.45, 2.75) is 39.7 Å². The number of amides is 3. The molecule has 0 aliphatic heterocycles. The van der Waals surface area contributed by atoms with E-state index in [4.69, 9.17) is 16.2 Å². The van der Waals surface area contributed by atoms with Crippen LogP contribution in [0.5, 0.6) is 0 Å². The molecule has 3 N–H and O–H groups in total. The van der Waals surface area contributed by atoms with E-state index in [1.54, 1.807) is 29.2 Å². The average Bonchev–Trinajstić information content (AvgIpc) is 3.07. The Morgan fingerprint density at radius 3 is 1.92 bits per heavy atom. The number of carbonyl (C=O) groups excluding carboxylic acids is 2. The maximum atomic E-state index is 13.9. The Bertz CT molecular complexity index is 2070. The van der Waals surface area contributed by atoms with E-state index in [0.717, 1.165) is 33.4 Å². The van der Waals surface area contributed by atoms with Crippen LogP contribution < -0.4 is 15.5 Å². The van der Waals surface area contributed by atoms with Gasteiger partial charge in [-0.2, -0.15) is 8.42 Å². The lowest BCUT2D eigenvalue weighted by molar-refractivity contribution is 0.0956. The van der Waals surface area contributed by atoms with Crippen molar-refractivity contribution in [2.24, 2.45) is 0 Å². The van der Waals surface area contributed by atoms with Crippen LogP contribution >= 0.6 is 11.6 Å². The second-order valence-electron chi connectivity index (χ2n) is 13.2. The lowest BCUT2D eigenvalue weighted by Crippen LogP contribution is -2.34. The Kier molecular flexibility index (Phi) is 11.1. The summed E-state index contributed by atoms with van der Waals surface area (Å²) in [6, 6.07) is 36.0. The quantitative estimate of drug-likeness (QED) is 0.125. The van der Waals surface area contributed by atoms with Crippen LogP contribution in [0, 0.1) is 6.92 Å². The molecule has 0 aromatic heterocycles. The number of carbonyl (C=O) groups is 2. The Labute approximate surface area is 298 Å². The molecule has 5 aromatic rings. The molecule has 0 atom stereocenters. The number of halogens is 1. The second kappa shape index (κ2) is 15.3. The lowest BCUT2D eigenvalue weighted by Gasteiger charge is -2.24. The standard InChI is InChI=1S/C40H40ClN3O5S/c1-27-25-34(41)17-22-37(27)31-11-18-35(19-12-31)43-39(46)44(26-28-5-7-32(8-6-28)38(45)42-23-24-50(47,48)49)36-20-13-30(14-21-36)29-9-15-33(16-10-29)40(2,3)4/h5-22,25H,23-24,26H2,1-4H3,(H,42,45)(H,43,46)(H,47,48,49). The summed E-state index contributed by atoms with van der Waals surface area (Å²) in [7, 11) is -4.19. The fraction of sp³-hybridized carbons (Fsp3) is 0.200. The molecule has 8 nitrogen and oxygen atoms in total. The highest BCUT2D eigenvalue weighted by atomic mass is 35.5. The van der Waals surface area contributed by atoms with Crippen LogP contribution in [0.1, 0.15) is 47.8 Å². The van der Waals surface area contributed by atoms with Crippen molar-refractivity contribution < 1.29 is 22.6 Å². The Balaban J connectivity index is 1.37. The van der Waals surface area contributed by atoms with E-state index in [9.17, 15) is 18.0 Å². The molecule has 0 saturated heterocycles. The highest BCUT2D eigenvalue weighted by Crippen LogP contribution is 2.30. The van der Waals surface area contributed by atoms with Crippen LogP contribution in [0.2, 0.25) is 5.02 Å². The van der Waals surface area contributed by atoms with Crippen molar-refractivity contribution in [1.82, 2.24) is 5.32 Å².